The Kier molecular flexibility index (Phi) is 11.2. The molecule has 0 fully saturated rings. The van der Waals surface area contributed by atoms with Crippen molar-refractivity contribution in [2.45, 2.75) is 25.7 Å². The molecule has 12 nitrogen and oxygen atoms in total. The van der Waals surface area contributed by atoms with Crippen molar-refractivity contribution in [2.24, 2.45) is 10.3 Å². The fraction of sp³-hybridized carbons (Fsp3) is 0.176. The standard InChI is InChI=1S/C34H30Br2N4O8/c35-23-13-19-3-7-29(23)47-31-17-20(1-5-27(31)41)10-12-38-33(43)25(39-45)15-21-4-8-30(24(36)14-21)48-32-18-22(2-6-28(32)42)16-26(40-46)34(44)37-11-9-19/h1-8,13-14,17-18,41-42,45-46H,9-12,15-16H2,(H,37,44)(H,38,43)/b39-25+,40-26+. The Bertz CT molecular complexity index is 1910. The minimum absolute atomic E-state index is 0.0121. The van der Waals surface area contributed by atoms with Crippen molar-refractivity contribution in [3.63, 3.8) is 0 Å². The highest BCUT2D eigenvalue weighted by molar-refractivity contribution is 9.11. The van der Waals surface area contributed by atoms with Crippen molar-refractivity contribution in [1.29, 1.82) is 0 Å². The number of phenolic OH excluding ortho intramolecular Hbond substituents is 2. The normalized spacial score (nSPS) is 16.4. The van der Waals surface area contributed by atoms with Crippen molar-refractivity contribution in [1.82, 2.24) is 10.6 Å². The molecule has 0 aromatic heterocycles. The number of carbonyl (C=O) groups excluding carboxylic acids is 2. The summed E-state index contributed by atoms with van der Waals surface area (Å²) in [5, 5.41) is 52.0. The Labute approximate surface area is 292 Å². The van der Waals surface area contributed by atoms with Crippen LogP contribution in [-0.2, 0) is 35.3 Å². The summed E-state index contributed by atoms with van der Waals surface area (Å²) in [5.41, 5.74) is 2.59. The third-order valence-corrected chi connectivity index (χ3v) is 8.63. The van der Waals surface area contributed by atoms with Gasteiger partial charge in [-0.2, -0.15) is 0 Å². The first-order valence-corrected chi connectivity index (χ1v) is 16.3. The van der Waals surface area contributed by atoms with Crippen molar-refractivity contribution in [2.75, 3.05) is 13.1 Å². The van der Waals surface area contributed by atoms with Gasteiger partial charge in [0.25, 0.3) is 11.8 Å². The van der Waals surface area contributed by atoms with Crippen molar-refractivity contribution in [3.05, 3.63) is 104 Å². The number of aromatic hydroxyl groups is 2. The lowest BCUT2D eigenvalue weighted by Gasteiger charge is -2.14. The molecule has 0 spiro atoms. The Hall–Kier alpha value is -5.08. The van der Waals surface area contributed by atoms with E-state index < -0.39 is 11.8 Å². The Balaban J connectivity index is 1.42. The van der Waals surface area contributed by atoms with Crippen LogP contribution >= 0.6 is 31.9 Å². The molecule has 0 saturated heterocycles. The van der Waals surface area contributed by atoms with Gasteiger partial charge in [-0.15, -0.1) is 0 Å². The number of rotatable bonds is 0. The second-order valence-electron chi connectivity index (χ2n) is 10.8. The molecular weight excluding hydrogens is 752 g/mol. The van der Waals surface area contributed by atoms with Crippen LogP contribution in [-0.4, -0.2) is 57.0 Å². The summed E-state index contributed by atoms with van der Waals surface area (Å²) in [6, 6.07) is 19.8. The third-order valence-electron chi connectivity index (χ3n) is 7.39. The van der Waals surface area contributed by atoms with E-state index in [9.17, 15) is 30.2 Å². The van der Waals surface area contributed by atoms with Gasteiger partial charge in [0.05, 0.1) is 8.95 Å². The molecule has 248 valence electrons. The summed E-state index contributed by atoms with van der Waals surface area (Å²) in [6.07, 6.45) is 0.832. The number of phenols is 2. The zero-order valence-corrected chi connectivity index (χ0v) is 28.4. The maximum absolute atomic E-state index is 12.9. The molecule has 4 heterocycles. The van der Waals surface area contributed by atoms with Crippen LogP contribution in [0.15, 0.2) is 92.1 Å². The quantitative estimate of drug-likeness (QED) is 0.0930. The van der Waals surface area contributed by atoms with E-state index in [1.54, 1.807) is 42.5 Å². The number of carbonyl (C=O) groups is 2. The number of ether oxygens (including phenoxy) is 2. The number of halogens is 2. The van der Waals surface area contributed by atoms with Crippen LogP contribution < -0.4 is 20.1 Å². The molecular formula is C34H30Br2N4O8. The van der Waals surface area contributed by atoms with Gasteiger partial charge in [-0.1, -0.05) is 34.6 Å². The van der Waals surface area contributed by atoms with Crippen LogP contribution in [0.25, 0.3) is 0 Å². The lowest BCUT2D eigenvalue weighted by Crippen LogP contribution is -2.33. The van der Waals surface area contributed by atoms with Crippen LogP contribution in [0.2, 0.25) is 0 Å². The van der Waals surface area contributed by atoms with Gasteiger partial charge in [0, 0.05) is 25.9 Å². The molecule has 8 rings (SSSR count). The topological polar surface area (TPSA) is 182 Å². The van der Waals surface area contributed by atoms with E-state index >= 15 is 0 Å². The highest BCUT2D eigenvalue weighted by Crippen LogP contribution is 2.37. The molecule has 0 saturated carbocycles. The number of amides is 2. The molecule has 4 aromatic rings. The number of nitrogens with zero attached hydrogens (tertiary/aromatic N) is 2. The summed E-state index contributed by atoms with van der Waals surface area (Å²) in [7, 11) is 0. The molecule has 48 heavy (non-hydrogen) atoms. The van der Waals surface area contributed by atoms with Gasteiger partial charge in [-0.25, -0.2) is 0 Å². The van der Waals surface area contributed by atoms with Gasteiger partial charge in [-0.3, -0.25) is 9.59 Å². The van der Waals surface area contributed by atoms with Gasteiger partial charge >= 0.3 is 0 Å². The Morgan fingerprint density at radius 3 is 1.46 bits per heavy atom. The van der Waals surface area contributed by atoms with Gasteiger partial charge in [0.1, 0.15) is 22.9 Å². The SMILES string of the molecule is O=C1NCCc2ccc(O)c(c2)Oc2ccc(cc2Br)CCNC(=O)/C(=N/O)Cc2ccc(O)c(c2)Oc2ccc(cc2Br)C/C1=N\O. The molecule has 6 N–H and O–H groups in total. The highest BCUT2D eigenvalue weighted by Gasteiger charge is 2.18. The summed E-state index contributed by atoms with van der Waals surface area (Å²) in [5.74, 6) is -0.218. The van der Waals surface area contributed by atoms with Crippen molar-refractivity contribution < 1.29 is 39.7 Å². The fourth-order valence-corrected chi connectivity index (χ4v) is 5.87. The average molecular weight is 782 g/mol. The number of oxime groups is 2. The van der Waals surface area contributed by atoms with E-state index in [4.69, 9.17) is 9.47 Å². The molecule has 0 aliphatic carbocycles. The van der Waals surface area contributed by atoms with Crippen molar-refractivity contribution in [3.8, 4) is 34.5 Å². The largest absolute Gasteiger partial charge is 0.504 e. The average Bonchev–Trinajstić information content (AvgIpc) is 3.07. The first-order valence-electron chi connectivity index (χ1n) is 14.7. The second kappa shape index (κ2) is 15.7. The van der Waals surface area contributed by atoms with E-state index in [0.29, 0.717) is 44.4 Å². The third kappa shape index (κ3) is 8.63. The maximum Gasteiger partial charge on any atom is 0.269 e. The van der Waals surface area contributed by atoms with Crippen molar-refractivity contribution >= 4 is 55.1 Å². The molecule has 4 aromatic carbocycles. The summed E-state index contributed by atoms with van der Waals surface area (Å²) < 4.78 is 13.0. The second-order valence-corrected chi connectivity index (χ2v) is 12.5. The summed E-state index contributed by atoms with van der Waals surface area (Å²) >= 11 is 6.96. The van der Waals surface area contributed by atoms with E-state index in [1.807, 2.05) is 12.1 Å². The number of nitrogens with one attached hydrogen (secondary N) is 2. The summed E-state index contributed by atoms with van der Waals surface area (Å²) in [6.45, 7) is 0.477. The minimum atomic E-state index is -0.562. The lowest BCUT2D eigenvalue weighted by molar-refractivity contribution is -0.115. The fourth-order valence-electron chi connectivity index (χ4n) is 4.86. The first kappa shape index (κ1) is 34.3. The van der Waals surface area contributed by atoms with Gasteiger partial charge in [-0.05, 0) is 115 Å². The molecule has 0 unspecified atom stereocenters. The molecule has 14 heteroatoms. The molecule has 8 bridgehead atoms. The predicted molar refractivity (Wildman–Crippen MR) is 184 cm³/mol. The van der Waals surface area contributed by atoms with Gasteiger partial charge in [0.2, 0.25) is 0 Å². The molecule has 2 amide bonds. The maximum atomic E-state index is 12.9. The zero-order valence-electron chi connectivity index (χ0n) is 25.2. The lowest BCUT2D eigenvalue weighted by atomic mass is 10.1. The van der Waals surface area contributed by atoms with Crippen LogP contribution in [0.5, 0.6) is 34.5 Å². The molecule has 4 aliphatic rings. The van der Waals surface area contributed by atoms with Gasteiger partial charge in [0.15, 0.2) is 23.0 Å². The Morgan fingerprint density at radius 2 is 0.958 bits per heavy atom. The van der Waals surface area contributed by atoms with Crippen LogP contribution in [0, 0.1) is 0 Å². The van der Waals surface area contributed by atoms with Crippen LogP contribution in [0.3, 0.4) is 0 Å². The first-order chi connectivity index (χ1) is 23.1. The van der Waals surface area contributed by atoms with E-state index in [2.05, 4.69) is 52.8 Å². The predicted octanol–water partition coefficient (Wildman–Crippen LogP) is 5.98. The number of hydrogen-bond acceptors (Lipinski definition) is 10. The van der Waals surface area contributed by atoms with Crippen LogP contribution in [0.1, 0.15) is 22.3 Å². The zero-order chi connectivity index (χ0) is 34.2. The minimum Gasteiger partial charge on any atom is -0.504 e. The molecule has 4 aliphatic heterocycles. The van der Waals surface area contributed by atoms with Gasteiger partial charge < -0.3 is 40.7 Å². The smallest absolute Gasteiger partial charge is 0.269 e. The van der Waals surface area contributed by atoms with E-state index in [0.717, 1.165) is 11.1 Å². The monoisotopic (exact) mass is 780 g/mol. The summed E-state index contributed by atoms with van der Waals surface area (Å²) in [4.78, 5) is 25.7. The molecule has 0 atom stereocenters. The molecule has 0 radical (unpaired) electrons. The number of hydrogen-bond donors (Lipinski definition) is 6. The number of benzene rings is 4. The van der Waals surface area contributed by atoms with Crippen LogP contribution in [0.4, 0.5) is 0 Å². The Morgan fingerprint density at radius 1 is 0.562 bits per heavy atom. The van der Waals surface area contributed by atoms with E-state index in [1.165, 1.54) is 18.2 Å². The highest BCUT2D eigenvalue weighted by atomic mass is 79.9. The van der Waals surface area contributed by atoms with E-state index in [-0.39, 0.29) is 60.4 Å².